The van der Waals surface area contributed by atoms with Crippen molar-refractivity contribution in [3.63, 3.8) is 0 Å². The SMILES string of the molecule is Cc1ccc2c(Nc3cc(CO)[nH]n3)nc(N(C)C3CC(C)CC4(CC#N)CCC(C3)N4)nc2c1. The van der Waals surface area contributed by atoms with Crippen LogP contribution in [0.1, 0.15) is 56.7 Å². The molecule has 2 bridgehead atoms. The maximum absolute atomic E-state index is 9.38. The number of aromatic nitrogens is 4. The third-order valence-electron chi connectivity index (χ3n) is 7.62. The Morgan fingerprint density at radius 3 is 2.91 bits per heavy atom. The highest BCUT2D eigenvalue weighted by atomic mass is 16.3. The third-order valence-corrected chi connectivity index (χ3v) is 7.62. The number of benzene rings is 1. The monoisotopic (exact) mass is 474 g/mol. The average Bonchev–Trinajstić information content (AvgIpc) is 3.44. The minimum atomic E-state index is -0.100. The zero-order valence-corrected chi connectivity index (χ0v) is 20.7. The van der Waals surface area contributed by atoms with Gasteiger partial charge >= 0.3 is 0 Å². The number of aromatic amines is 1. The van der Waals surface area contributed by atoms with Crippen molar-refractivity contribution in [3.8, 4) is 6.07 Å². The molecule has 9 nitrogen and oxygen atoms in total. The fourth-order valence-electron chi connectivity index (χ4n) is 5.96. The number of hydrogen-bond donors (Lipinski definition) is 4. The second-order valence-corrected chi connectivity index (χ2v) is 10.5. The van der Waals surface area contributed by atoms with Gasteiger partial charge in [-0.3, -0.25) is 5.10 Å². The summed E-state index contributed by atoms with van der Waals surface area (Å²) < 4.78 is 0. The fraction of sp³-hybridized carbons (Fsp3) is 0.538. The van der Waals surface area contributed by atoms with Crippen LogP contribution in [0.4, 0.5) is 17.6 Å². The van der Waals surface area contributed by atoms with Gasteiger partial charge in [0.2, 0.25) is 5.95 Å². The van der Waals surface area contributed by atoms with Crippen LogP contribution in [0.3, 0.4) is 0 Å². The predicted octanol–water partition coefficient (Wildman–Crippen LogP) is 3.93. The molecule has 0 aliphatic carbocycles. The molecule has 2 aliphatic rings. The van der Waals surface area contributed by atoms with Crippen molar-refractivity contribution in [2.45, 2.75) is 76.6 Å². The summed E-state index contributed by atoms with van der Waals surface area (Å²) in [6.07, 6.45) is 5.84. The number of fused-ring (bicyclic) bond motifs is 3. The van der Waals surface area contributed by atoms with Gasteiger partial charge < -0.3 is 20.6 Å². The molecule has 184 valence electrons. The Hall–Kier alpha value is -3.22. The van der Waals surface area contributed by atoms with E-state index >= 15 is 0 Å². The molecule has 35 heavy (non-hydrogen) atoms. The number of aliphatic hydroxyl groups is 1. The van der Waals surface area contributed by atoms with Crippen LogP contribution in [0.25, 0.3) is 10.9 Å². The van der Waals surface area contributed by atoms with Gasteiger partial charge in [-0.2, -0.15) is 15.3 Å². The van der Waals surface area contributed by atoms with Crippen molar-refractivity contribution in [2.75, 3.05) is 17.3 Å². The Kier molecular flexibility index (Phi) is 6.34. The Balaban J connectivity index is 1.46. The molecule has 1 aromatic carbocycles. The smallest absolute Gasteiger partial charge is 0.227 e. The number of nitrogens with one attached hydrogen (secondary N) is 3. The first-order valence-corrected chi connectivity index (χ1v) is 12.5. The molecular weight excluding hydrogens is 440 g/mol. The first-order valence-electron chi connectivity index (χ1n) is 12.5. The topological polar surface area (TPSA) is 126 Å². The summed E-state index contributed by atoms with van der Waals surface area (Å²) in [5.74, 6) is 2.47. The lowest BCUT2D eigenvalue weighted by molar-refractivity contribution is 0.238. The number of rotatable bonds is 6. The standard InChI is InChI=1S/C26H34N8O/c1-16-4-5-21-22(11-16)28-25(30-24(21)29-23-13-19(15-35)32-33-23)34(3)20-10-17(2)14-26(8-9-27)7-6-18(12-20)31-26/h4-5,11,13,17-18,20,31,35H,6-8,10,12,14-15H2,1-3H3,(H2,28,29,30,32,33). The molecule has 5 rings (SSSR count). The van der Waals surface area contributed by atoms with Crippen molar-refractivity contribution in [1.82, 2.24) is 25.5 Å². The molecule has 0 amide bonds. The quantitative estimate of drug-likeness (QED) is 0.423. The fourth-order valence-corrected chi connectivity index (χ4v) is 5.96. The van der Waals surface area contributed by atoms with Crippen molar-refractivity contribution < 1.29 is 5.11 Å². The summed E-state index contributed by atoms with van der Waals surface area (Å²) in [5, 5.41) is 33.9. The van der Waals surface area contributed by atoms with Crippen LogP contribution in [-0.4, -0.2) is 49.9 Å². The number of nitriles is 1. The van der Waals surface area contributed by atoms with Crippen LogP contribution in [0.2, 0.25) is 0 Å². The number of nitrogens with zero attached hydrogens (tertiary/aromatic N) is 5. The largest absolute Gasteiger partial charge is 0.390 e. The van der Waals surface area contributed by atoms with Gasteiger partial charge in [0.05, 0.1) is 30.3 Å². The first-order chi connectivity index (χ1) is 16.9. The normalized spacial score (nSPS) is 26.2. The average molecular weight is 475 g/mol. The van der Waals surface area contributed by atoms with Crippen LogP contribution < -0.4 is 15.5 Å². The number of H-pyrrole nitrogens is 1. The van der Waals surface area contributed by atoms with Crippen molar-refractivity contribution >= 4 is 28.5 Å². The van der Waals surface area contributed by atoms with Crippen LogP contribution in [0.5, 0.6) is 0 Å². The van der Waals surface area contributed by atoms with Gasteiger partial charge in [-0.25, -0.2) is 4.98 Å². The van der Waals surface area contributed by atoms with E-state index in [1.807, 2.05) is 6.07 Å². The lowest BCUT2D eigenvalue weighted by Gasteiger charge is -2.39. The molecule has 0 saturated carbocycles. The summed E-state index contributed by atoms with van der Waals surface area (Å²) in [7, 11) is 2.09. The summed E-state index contributed by atoms with van der Waals surface area (Å²) in [6, 6.07) is 11.1. The maximum Gasteiger partial charge on any atom is 0.227 e. The lowest BCUT2D eigenvalue weighted by atomic mass is 9.81. The van der Waals surface area contributed by atoms with Gasteiger partial charge in [-0.05, 0) is 62.6 Å². The zero-order chi connectivity index (χ0) is 24.6. The van der Waals surface area contributed by atoms with Gasteiger partial charge in [0.25, 0.3) is 0 Å². The predicted molar refractivity (Wildman–Crippen MR) is 136 cm³/mol. The second-order valence-electron chi connectivity index (χ2n) is 10.5. The highest BCUT2D eigenvalue weighted by molar-refractivity contribution is 5.92. The highest BCUT2D eigenvalue weighted by Crippen LogP contribution is 2.39. The van der Waals surface area contributed by atoms with Gasteiger partial charge in [0.15, 0.2) is 5.82 Å². The Morgan fingerprint density at radius 1 is 1.29 bits per heavy atom. The van der Waals surface area contributed by atoms with Gasteiger partial charge in [-0.15, -0.1) is 0 Å². The van der Waals surface area contributed by atoms with Crippen LogP contribution in [-0.2, 0) is 6.61 Å². The summed E-state index contributed by atoms with van der Waals surface area (Å²) in [6.45, 7) is 4.26. The van der Waals surface area contributed by atoms with Crippen molar-refractivity contribution in [3.05, 3.63) is 35.5 Å². The van der Waals surface area contributed by atoms with E-state index in [0.717, 1.165) is 48.6 Å². The Labute approximate surface area is 206 Å². The molecule has 3 aromatic rings. The Bertz CT molecular complexity index is 1250. The lowest BCUT2D eigenvalue weighted by Crippen LogP contribution is -2.49. The van der Waals surface area contributed by atoms with E-state index in [1.54, 1.807) is 6.07 Å². The number of anilines is 3. The molecule has 9 heteroatoms. The molecule has 2 aliphatic heterocycles. The zero-order valence-electron chi connectivity index (χ0n) is 20.7. The number of hydrogen-bond acceptors (Lipinski definition) is 8. The minimum absolute atomic E-state index is 0.0204. The van der Waals surface area contributed by atoms with Crippen molar-refractivity contribution in [1.29, 1.82) is 5.26 Å². The van der Waals surface area contributed by atoms with E-state index in [2.05, 4.69) is 64.8 Å². The number of aryl methyl sites for hydroxylation is 1. The van der Waals surface area contributed by atoms with E-state index in [-0.39, 0.29) is 12.1 Å². The minimum Gasteiger partial charge on any atom is -0.390 e. The van der Waals surface area contributed by atoms with E-state index in [0.29, 0.717) is 47.7 Å². The van der Waals surface area contributed by atoms with Gasteiger partial charge in [0, 0.05) is 36.1 Å². The summed E-state index contributed by atoms with van der Waals surface area (Å²) >= 11 is 0. The molecule has 0 spiro atoms. The molecule has 0 radical (unpaired) electrons. The highest BCUT2D eigenvalue weighted by Gasteiger charge is 2.43. The molecule has 2 fully saturated rings. The van der Waals surface area contributed by atoms with Crippen molar-refractivity contribution in [2.24, 2.45) is 5.92 Å². The summed E-state index contributed by atoms with van der Waals surface area (Å²) in [4.78, 5) is 12.1. The molecule has 2 aromatic heterocycles. The first kappa shape index (κ1) is 23.5. The van der Waals surface area contributed by atoms with E-state index in [9.17, 15) is 10.4 Å². The molecule has 4 atom stereocenters. The molecular formula is C26H34N8O. The van der Waals surface area contributed by atoms with Gasteiger partial charge in [-0.1, -0.05) is 13.0 Å². The maximum atomic E-state index is 9.38. The van der Waals surface area contributed by atoms with Crippen LogP contribution >= 0.6 is 0 Å². The van der Waals surface area contributed by atoms with Crippen LogP contribution in [0.15, 0.2) is 24.3 Å². The van der Waals surface area contributed by atoms with E-state index in [1.165, 1.54) is 0 Å². The molecule has 4 N–H and O–H groups in total. The third kappa shape index (κ3) is 4.81. The van der Waals surface area contributed by atoms with Gasteiger partial charge in [0.1, 0.15) is 5.82 Å². The van der Waals surface area contributed by atoms with E-state index in [4.69, 9.17) is 9.97 Å². The molecule has 4 unspecified atom stereocenters. The molecule has 2 saturated heterocycles. The Morgan fingerprint density at radius 2 is 2.14 bits per heavy atom. The van der Waals surface area contributed by atoms with E-state index < -0.39 is 0 Å². The van der Waals surface area contributed by atoms with Crippen LogP contribution in [0, 0.1) is 24.2 Å². The number of aliphatic hydroxyl groups excluding tert-OH is 1. The second kappa shape index (κ2) is 9.44. The molecule has 4 heterocycles. The summed E-state index contributed by atoms with van der Waals surface area (Å²) in [5.41, 5.74) is 2.64.